The quantitative estimate of drug-likeness (QED) is 0.843. The molecule has 2 aromatic rings. The highest BCUT2D eigenvalue weighted by Crippen LogP contribution is 2.27. The minimum atomic E-state index is 0.625. The van der Waals surface area contributed by atoms with Gasteiger partial charge in [0, 0.05) is 18.4 Å². The second-order valence-corrected chi connectivity index (χ2v) is 4.92. The van der Waals surface area contributed by atoms with Crippen molar-refractivity contribution in [3.63, 3.8) is 0 Å². The Labute approximate surface area is 114 Å². The normalized spacial score (nSPS) is 13.6. The predicted molar refractivity (Wildman–Crippen MR) is 71.6 cm³/mol. The Kier molecular flexibility index (Phi) is 2.86. The first-order chi connectivity index (χ1) is 8.66. The van der Waals surface area contributed by atoms with Crippen LogP contribution in [-0.4, -0.2) is 15.6 Å². The van der Waals surface area contributed by atoms with E-state index >= 15 is 0 Å². The smallest absolute Gasteiger partial charge is 0.169 e. The van der Waals surface area contributed by atoms with Crippen LogP contribution in [0.5, 0.6) is 0 Å². The average Bonchev–Trinajstić information content (AvgIpc) is 2.86. The van der Waals surface area contributed by atoms with Crippen molar-refractivity contribution in [3.05, 3.63) is 45.6 Å². The van der Waals surface area contributed by atoms with Crippen molar-refractivity contribution in [2.75, 3.05) is 0 Å². The summed E-state index contributed by atoms with van der Waals surface area (Å²) >= 11 is 12.4. The fourth-order valence-corrected chi connectivity index (χ4v) is 2.40. The minimum absolute atomic E-state index is 0.625. The molecule has 0 saturated heterocycles. The van der Waals surface area contributed by atoms with Crippen LogP contribution in [0.15, 0.2) is 29.4 Å². The first-order valence-electron chi connectivity index (χ1n) is 5.55. The summed E-state index contributed by atoms with van der Waals surface area (Å²) in [4.78, 5) is 0. The molecule has 1 aromatic carbocycles. The molecule has 18 heavy (non-hydrogen) atoms. The van der Waals surface area contributed by atoms with Gasteiger partial charge < -0.3 is 0 Å². The first-order valence-corrected chi connectivity index (χ1v) is 6.31. The van der Waals surface area contributed by atoms with Gasteiger partial charge in [0.1, 0.15) is 5.02 Å². The van der Waals surface area contributed by atoms with E-state index in [0.29, 0.717) is 11.4 Å². The maximum atomic E-state index is 6.31. The highest BCUT2D eigenvalue weighted by atomic mass is 35.5. The van der Waals surface area contributed by atoms with Crippen LogP contribution in [0.1, 0.15) is 18.2 Å². The van der Waals surface area contributed by atoms with E-state index in [1.165, 1.54) is 0 Å². The van der Waals surface area contributed by atoms with Crippen molar-refractivity contribution in [2.24, 2.45) is 5.10 Å². The van der Waals surface area contributed by atoms with Crippen molar-refractivity contribution >= 4 is 34.9 Å². The second-order valence-electron chi connectivity index (χ2n) is 4.13. The molecule has 1 aliphatic heterocycles. The number of benzene rings is 1. The van der Waals surface area contributed by atoms with Crippen LogP contribution in [0.2, 0.25) is 10.0 Å². The maximum absolute atomic E-state index is 6.31. The lowest BCUT2D eigenvalue weighted by molar-refractivity contribution is -0.576. The summed E-state index contributed by atoms with van der Waals surface area (Å²) in [5, 5.41) is 10.0. The second kappa shape index (κ2) is 4.39. The van der Waals surface area contributed by atoms with Gasteiger partial charge in [-0.25, -0.2) is 0 Å². The lowest BCUT2D eigenvalue weighted by Gasteiger charge is -2.01. The highest BCUT2D eigenvalue weighted by Gasteiger charge is 2.26. The zero-order valence-corrected chi connectivity index (χ0v) is 11.2. The Bertz CT molecular complexity index is 646. The number of nitrogens with zero attached hydrogens (tertiary/aromatic N) is 3. The topological polar surface area (TPSA) is 46.8 Å². The van der Waals surface area contributed by atoms with Gasteiger partial charge in [-0.3, -0.25) is 0 Å². The molecule has 0 saturated carbocycles. The number of fused-ring (bicyclic) bond motifs is 1. The largest absolute Gasteiger partial charge is 0.274 e. The number of hydrogen-bond acceptors (Lipinski definition) is 2. The van der Waals surface area contributed by atoms with Gasteiger partial charge in [0.25, 0.3) is 5.82 Å². The van der Waals surface area contributed by atoms with Crippen LogP contribution in [0, 0.1) is 0 Å². The Morgan fingerprint density at radius 3 is 2.78 bits per heavy atom. The third kappa shape index (κ3) is 1.82. The highest BCUT2D eigenvalue weighted by molar-refractivity contribution is 6.33. The van der Waals surface area contributed by atoms with E-state index in [1.807, 2.05) is 31.2 Å². The van der Waals surface area contributed by atoms with Crippen molar-refractivity contribution in [2.45, 2.75) is 13.3 Å². The van der Waals surface area contributed by atoms with Crippen LogP contribution in [-0.2, 0) is 6.42 Å². The molecule has 6 heteroatoms. The molecule has 1 aromatic heterocycles. The third-order valence-corrected chi connectivity index (χ3v) is 3.70. The number of rotatable bonds is 2. The summed E-state index contributed by atoms with van der Waals surface area (Å²) in [6.07, 6.45) is 0.625. The monoisotopic (exact) mass is 281 g/mol. The SMILES string of the molecule is CC1=N[NH2+]c2c(Cl)c(Cc3ccccc3Cl)nn21. The van der Waals surface area contributed by atoms with Crippen molar-refractivity contribution in [1.29, 1.82) is 0 Å². The van der Waals surface area contributed by atoms with Crippen molar-refractivity contribution < 1.29 is 5.43 Å². The van der Waals surface area contributed by atoms with E-state index in [9.17, 15) is 0 Å². The summed E-state index contributed by atoms with van der Waals surface area (Å²) in [5.41, 5.74) is 3.58. The maximum Gasteiger partial charge on any atom is 0.274 e. The van der Waals surface area contributed by atoms with Crippen LogP contribution in [0.3, 0.4) is 0 Å². The van der Waals surface area contributed by atoms with Gasteiger partial charge in [0.05, 0.1) is 5.69 Å². The fraction of sp³-hybridized carbons (Fsp3) is 0.167. The van der Waals surface area contributed by atoms with Crippen LogP contribution < -0.4 is 5.43 Å². The molecule has 0 aliphatic carbocycles. The molecule has 2 heterocycles. The predicted octanol–water partition coefficient (Wildman–Crippen LogP) is 2.17. The molecule has 0 bridgehead atoms. The van der Waals surface area contributed by atoms with Crippen LogP contribution in [0.4, 0.5) is 5.82 Å². The number of halogens is 2. The molecule has 0 amide bonds. The standard InChI is InChI=1S/C12H10Cl2N4/c1-7-15-16-12-11(14)10(17-18(7)12)6-8-4-2-3-5-9(8)13/h2-5,16H,6H2,1H3/p+1. The Balaban J connectivity index is 1.98. The summed E-state index contributed by atoms with van der Waals surface area (Å²) < 4.78 is 1.76. The van der Waals surface area contributed by atoms with Gasteiger partial charge in [0.2, 0.25) is 0 Å². The first kappa shape index (κ1) is 11.7. The fourth-order valence-electron chi connectivity index (χ4n) is 1.96. The summed E-state index contributed by atoms with van der Waals surface area (Å²) in [6.45, 7) is 1.90. The van der Waals surface area contributed by atoms with Gasteiger partial charge in [-0.1, -0.05) is 46.5 Å². The van der Waals surface area contributed by atoms with E-state index in [4.69, 9.17) is 23.2 Å². The lowest BCUT2D eigenvalue weighted by atomic mass is 10.1. The van der Waals surface area contributed by atoms with Gasteiger partial charge in [-0.05, 0) is 11.6 Å². The summed E-state index contributed by atoms with van der Waals surface area (Å²) in [5.74, 6) is 1.67. The molecule has 0 atom stereocenters. The van der Waals surface area contributed by atoms with E-state index in [-0.39, 0.29) is 0 Å². The summed E-state index contributed by atoms with van der Waals surface area (Å²) in [7, 11) is 0. The van der Waals surface area contributed by atoms with Gasteiger partial charge >= 0.3 is 0 Å². The Hall–Kier alpha value is -1.36. The van der Waals surface area contributed by atoms with E-state index < -0.39 is 0 Å². The van der Waals surface area contributed by atoms with Gasteiger partial charge in [-0.15, -0.1) is 0 Å². The molecule has 3 rings (SSSR count). The van der Waals surface area contributed by atoms with Crippen molar-refractivity contribution in [3.8, 4) is 0 Å². The van der Waals surface area contributed by atoms with Crippen LogP contribution in [0.25, 0.3) is 0 Å². The number of hydrogen-bond donors (Lipinski definition) is 1. The average molecular weight is 282 g/mol. The van der Waals surface area contributed by atoms with Gasteiger partial charge in [-0.2, -0.15) is 15.2 Å². The number of aromatic nitrogens is 2. The third-order valence-electron chi connectivity index (χ3n) is 2.92. The molecular formula is C12H11Cl2N4+. The zero-order chi connectivity index (χ0) is 12.7. The molecule has 1 aliphatic rings. The molecule has 0 radical (unpaired) electrons. The minimum Gasteiger partial charge on any atom is -0.169 e. The zero-order valence-electron chi connectivity index (χ0n) is 9.69. The van der Waals surface area contributed by atoms with E-state index in [0.717, 1.165) is 27.9 Å². The number of quaternary nitrogens is 1. The van der Waals surface area contributed by atoms with Gasteiger partial charge in [0.15, 0.2) is 5.84 Å². The molecule has 0 unspecified atom stereocenters. The number of nitrogens with two attached hydrogens (primary N) is 1. The molecule has 0 fully saturated rings. The molecule has 4 nitrogen and oxygen atoms in total. The lowest BCUT2D eigenvalue weighted by Crippen LogP contribution is -2.69. The van der Waals surface area contributed by atoms with Crippen molar-refractivity contribution in [1.82, 2.24) is 9.78 Å². The molecule has 92 valence electrons. The Morgan fingerprint density at radius 2 is 2.06 bits per heavy atom. The molecule has 0 spiro atoms. The Morgan fingerprint density at radius 1 is 1.28 bits per heavy atom. The van der Waals surface area contributed by atoms with E-state index in [1.54, 1.807) is 10.1 Å². The summed E-state index contributed by atoms with van der Waals surface area (Å²) in [6, 6.07) is 7.71. The molecular weight excluding hydrogens is 271 g/mol. The van der Waals surface area contributed by atoms with Crippen LogP contribution >= 0.6 is 23.2 Å². The molecule has 2 N–H and O–H groups in total. The van der Waals surface area contributed by atoms with E-state index in [2.05, 4.69) is 10.2 Å².